The second kappa shape index (κ2) is 8.56. The van der Waals surface area contributed by atoms with E-state index in [2.05, 4.69) is 42.8 Å². The first-order valence-electron chi connectivity index (χ1n) is 6.09. The average Bonchev–Trinajstić information content (AvgIpc) is 2.35. The predicted molar refractivity (Wildman–Crippen MR) is 76.5 cm³/mol. The van der Waals surface area contributed by atoms with Gasteiger partial charge < -0.3 is 10.1 Å². The fourth-order valence-corrected chi connectivity index (χ4v) is 2.54. The lowest BCUT2D eigenvalue weighted by molar-refractivity contribution is 0.185. The molecular weight excluding hydrogens is 230 g/mol. The number of ether oxygens (including phenoxy) is 1. The Morgan fingerprint density at radius 3 is 2.76 bits per heavy atom. The second-order valence-corrected chi connectivity index (χ2v) is 5.11. The molecule has 0 aliphatic heterocycles. The molecule has 0 aliphatic rings. The minimum atomic E-state index is 0.607. The van der Waals surface area contributed by atoms with Crippen LogP contribution in [0.2, 0.25) is 0 Å². The summed E-state index contributed by atoms with van der Waals surface area (Å²) in [6.45, 7) is 3.86. The van der Waals surface area contributed by atoms with Crippen molar-refractivity contribution in [1.82, 2.24) is 5.32 Å². The van der Waals surface area contributed by atoms with E-state index in [9.17, 15) is 0 Å². The highest BCUT2D eigenvalue weighted by atomic mass is 32.2. The van der Waals surface area contributed by atoms with Gasteiger partial charge in [0.05, 0.1) is 6.61 Å². The van der Waals surface area contributed by atoms with Crippen molar-refractivity contribution in [2.45, 2.75) is 32.5 Å². The van der Waals surface area contributed by atoms with Gasteiger partial charge in [-0.15, -0.1) is 0 Å². The Bertz CT molecular complexity index is 317. The average molecular weight is 253 g/mol. The van der Waals surface area contributed by atoms with Gasteiger partial charge in [-0.25, -0.2) is 0 Å². The molecule has 0 saturated heterocycles. The summed E-state index contributed by atoms with van der Waals surface area (Å²) in [6.07, 6.45) is 3.34. The van der Waals surface area contributed by atoms with E-state index in [1.54, 1.807) is 7.11 Å². The van der Waals surface area contributed by atoms with Gasteiger partial charge in [-0.2, -0.15) is 11.8 Å². The van der Waals surface area contributed by atoms with E-state index in [0.717, 1.165) is 6.54 Å². The molecule has 0 amide bonds. The minimum absolute atomic E-state index is 0.607. The van der Waals surface area contributed by atoms with E-state index < -0.39 is 0 Å². The highest BCUT2D eigenvalue weighted by molar-refractivity contribution is 7.98. The van der Waals surface area contributed by atoms with Crippen LogP contribution in [0.4, 0.5) is 0 Å². The van der Waals surface area contributed by atoms with Crippen LogP contribution in [-0.2, 0) is 17.9 Å². The molecule has 0 spiro atoms. The predicted octanol–water partition coefficient (Wildman–Crippen LogP) is 3.06. The summed E-state index contributed by atoms with van der Waals surface area (Å²) in [5.41, 5.74) is 2.57. The molecule has 1 aromatic carbocycles. The molecule has 1 rings (SSSR count). The van der Waals surface area contributed by atoms with Gasteiger partial charge in [-0.3, -0.25) is 0 Å². The summed E-state index contributed by atoms with van der Waals surface area (Å²) in [5, 5.41) is 3.59. The summed E-state index contributed by atoms with van der Waals surface area (Å²) < 4.78 is 5.14. The Kier molecular flexibility index (Phi) is 7.33. The van der Waals surface area contributed by atoms with Gasteiger partial charge in [0.2, 0.25) is 0 Å². The fraction of sp³-hybridized carbons (Fsp3) is 0.571. The van der Waals surface area contributed by atoms with Gasteiger partial charge >= 0.3 is 0 Å². The van der Waals surface area contributed by atoms with Crippen LogP contribution in [0.5, 0.6) is 0 Å². The molecule has 0 aliphatic carbocycles. The summed E-state index contributed by atoms with van der Waals surface area (Å²) in [4.78, 5) is 0. The number of benzene rings is 1. The molecule has 0 fully saturated rings. The molecule has 3 heteroatoms. The molecule has 0 saturated carbocycles. The van der Waals surface area contributed by atoms with Crippen molar-refractivity contribution in [3.63, 3.8) is 0 Å². The first-order chi connectivity index (χ1) is 8.30. The van der Waals surface area contributed by atoms with Crippen LogP contribution in [0.3, 0.4) is 0 Å². The molecule has 0 radical (unpaired) electrons. The Labute approximate surface area is 109 Å². The number of thioether (sulfide) groups is 1. The number of methoxy groups -OCH3 is 1. The second-order valence-electron chi connectivity index (χ2n) is 4.19. The lowest BCUT2D eigenvalue weighted by Gasteiger charge is -2.16. The summed E-state index contributed by atoms with van der Waals surface area (Å²) >= 11 is 1.90. The van der Waals surface area contributed by atoms with E-state index in [1.165, 1.54) is 23.3 Å². The van der Waals surface area contributed by atoms with Gasteiger partial charge in [-0.05, 0) is 23.8 Å². The number of nitrogens with one attached hydrogen (secondary N) is 1. The van der Waals surface area contributed by atoms with Crippen LogP contribution >= 0.6 is 11.8 Å². The third-order valence-electron chi connectivity index (χ3n) is 2.76. The maximum atomic E-state index is 5.14. The summed E-state index contributed by atoms with van der Waals surface area (Å²) in [5.74, 6) is 1.17. The van der Waals surface area contributed by atoms with Gasteiger partial charge in [0.1, 0.15) is 0 Å². The van der Waals surface area contributed by atoms with Gasteiger partial charge in [-0.1, -0.05) is 31.2 Å². The van der Waals surface area contributed by atoms with Crippen molar-refractivity contribution in [3.8, 4) is 0 Å². The summed E-state index contributed by atoms with van der Waals surface area (Å²) in [6, 6.07) is 9.18. The van der Waals surface area contributed by atoms with Crippen LogP contribution < -0.4 is 5.32 Å². The molecule has 0 bridgehead atoms. The van der Waals surface area contributed by atoms with Crippen LogP contribution in [0.1, 0.15) is 24.5 Å². The number of hydrogen-bond acceptors (Lipinski definition) is 3. The molecule has 1 atom stereocenters. The highest BCUT2D eigenvalue weighted by Gasteiger charge is 2.04. The topological polar surface area (TPSA) is 21.3 Å². The van der Waals surface area contributed by atoms with Crippen molar-refractivity contribution in [2.75, 3.05) is 19.1 Å². The van der Waals surface area contributed by atoms with E-state index in [-0.39, 0.29) is 0 Å². The lowest BCUT2D eigenvalue weighted by Crippen LogP contribution is -2.30. The highest BCUT2D eigenvalue weighted by Crippen LogP contribution is 2.08. The minimum Gasteiger partial charge on any atom is -0.380 e. The monoisotopic (exact) mass is 253 g/mol. The molecular formula is C14H23NOS. The van der Waals surface area contributed by atoms with Crippen molar-refractivity contribution < 1.29 is 4.74 Å². The third kappa shape index (κ3) is 5.57. The zero-order valence-corrected chi connectivity index (χ0v) is 11.8. The van der Waals surface area contributed by atoms with E-state index in [1.807, 2.05) is 11.8 Å². The Morgan fingerprint density at radius 2 is 2.12 bits per heavy atom. The molecule has 0 aromatic heterocycles. The largest absolute Gasteiger partial charge is 0.380 e. The Balaban J connectivity index is 2.47. The third-order valence-corrected chi connectivity index (χ3v) is 3.49. The number of rotatable bonds is 8. The van der Waals surface area contributed by atoms with Crippen molar-refractivity contribution in [3.05, 3.63) is 35.4 Å². The first-order valence-corrected chi connectivity index (χ1v) is 7.48. The zero-order valence-electron chi connectivity index (χ0n) is 11.0. The molecule has 1 aromatic rings. The molecule has 2 nitrogen and oxygen atoms in total. The molecule has 17 heavy (non-hydrogen) atoms. The molecule has 0 heterocycles. The van der Waals surface area contributed by atoms with Crippen molar-refractivity contribution >= 4 is 11.8 Å². The van der Waals surface area contributed by atoms with E-state index >= 15 is 0 Å². The normalized spacial score (nSPS) is 12.6. The van der Waals surface area contributed by atoms with Gasteiger partial charge in [0, 0.05) is 25.4 Å². The quantitative estimate of drug-likeness (QED) is 0.769. The smallest absolute Gasteiger partial charge is 0.0713 e. The Hall–Kier alpha value is -0.510. The van der Waals surface area contributed by atoms with Crippen LogP contribution in [0.15, 0.2) is 24.3 Å². The fourth-order valence-electron chi connectivity index (χ4n) is 1.78. The van der Waals surface area contributed by atoms with Crippen LogP contribution in [0.25, 0.3) is 0 Å². The molecule has 1 unspecified atom stereocenters. The number of hydrogen-bond donors (Lipinski definition) is 1. The standard InChI is InChI=1S/C14H23NOS/c1-4-14(11-17-3)15-9-12-6-5-7-13(8-12)10-16-2/h5-8,14-15H,4,9-11H2,1-3H3. The molecule has 1 N–H and O–H groups in total. The SMILES string of the molecule is CCC(CSC)NCc1cccc(COC)c1. The Morgan fingerprint density at radius 1 is 1.35 bits per heavy atom. The zero-order chi connectivity index (χ0) is 12.5. The summed E-state index contributed by atoms with van der Waals surface area (Å²) in [7, 11) is 1.73. The maximum absolute atomic E-state index is 5.14. The van der Waals surface area contributed by atoms with Crippen molar-refractivity contribution in [1.29, 1.82) is 0 Å². The van der Waals surface area contributed by atoms with Crippen LogP contribution in [-0.4, -0.2) is 25.2 Å². The maximum Gasteiger partial charge on any atom is 0.0713 e. The van der Waals surface area contributed by atoms with E-state index in [0.29, 0.717) is 12.6 Å². The molecule has 96 valence electrons. The lowest BCUT2D eigenvalue weighted by atomic mass is 10.1. The van der Waals surface area contributed by atoms with E-state index in [4.69, 9.17) is 4.74 Å². The first kappa shape index (κ1) is 14.6. The van der Waals surface area contributed by atoms with Crippen molar-refractivity contribution in [2.24, 2.45) is 0 Å². The van der Waals surface area contributed by atoms with Crippen LogP contribution in [0, 0.1) is 0 Å². The van der Waals surface area contributed by atoms with Gasteiger partial charge in [0.15, 0.2) is 0 Å². The van der Waals surface area contributed by atoms with Gasteiger partial charge in [0.25, 0.3) is 0 Å².